The lowest BCUT2D eigenvalue weighted by molar-refractivity contribution is 0.632. The van der Waals surface area contributed by atoms with Crippen LogP contribution < -0.4 is 26.5 Å². The van der Waals surface area contributed by atoms with Gasteiger partial charge in [0.2, 0.25) is 5.78 Å². The van der Waals surface area contributed by atoms with E-state index in [4.69, 9.17) is 19.9 Å². The van der Waals surface area contributed by atoms with Crippen molar-refractivity contribution in [2.45, 2.75) is 25.2 Å². The molecule has 2 aliphatic heterocycles. The Morgan fingerprint density at radius 1 is 0.252 bits per heavy atom. The molecule has 0 N–H and O–H groups in total. The second kappa shape index (κ2) is 24.0. The third-order valence-electron chi connectivity index (χ3n) is 24.3. The van der Waals surface area contributed by atoms with Crippen molar-refractivity contribution in [3.05, 3.63) is 399 Å². The Bertz CT molecular complexity index is 8370. The van der Waals surface area contributed by atoms with E-state index in [1.165, 1.54) is 39.2 Å². The molecule has 16 aromatic carbocycles. The third kappa shape index (κ3) is 8.95. The Balaban J connectivity index is 0.0000000995. The van der Waals surface area contributed by atoms with Crippen molar-refractivity contribution >= 4 is 177 Å². The van der Waals surface area contributed by atoms with Gasteiger partial charge in [0.15, 0.2) is 0 Å². The van der Waals surface area contributed by atoms with E-state index < -0.39 is 0 Å². The molecule has 26 rings (SSSR count). The van der Waals surface area contributed by atoms with Gasteiger partial charge in [0.25, 0.3) is 16.7 Å². The van der Waals surface area contributed by atoms with Gasteiger partial charge in [-0.15, -0.1) is 0 Å². The summed E-state index contributed by atoms with van der Waals surface area (Å²) >= 11 is 0. The number of hydrogen-bond donors (Lipinski definition) is 0. The monoisotopic (exact) mass is 1480 g/mol. The predicted octanol–water partition coefficient (Wildman–Crippen LogP) is 22.6. The first-order chi connectivity index (χ1) is 56.6. The summed E-state index contributed by atoms with van der Waals surface area (Å²) in [5.74, 6) is 0.971. The van der Waals surface area contributed by atoms with Gasteiger partial charge in [0.05, 0.1) is 95.0 Å². The summed E-state index contributed by atoms with van der Waals surface area (Å²) in [4.78, 5) is 66.1. The highest BCUT2D eigenvalue weighted by atomic mass is 16.1. The highest BCUT2D eigenvalue weighted by Crippen LogP contribution is 2.56. The molecule has 540 valence electrons. The van der Waals surface area contributed by atoms with E-state index in [2.05, 4.69) is 245 Å². The van der Waals surface area contributed by atoms with Crippen LogP contribution in [-0.2, 0) is 5.41 Å². The van der Waals surface area contributed by atoms with E-state index in [1.54, 1.807) is 13.2 Å². The number of fused-ring (bicyclic) bond motifs is 21. The van der Waals surface area contributed by atoms with Gasteiger partial charge in [0, 0.05) is 76.0 Å². The van der Waals surface area contributed by atoms with E-state index in [9.17, 15) is 14.4 Å². The minimum absolute atomic E-state index is 0.0282. The topological polar surface area (TPSA) is 132 Å². The predicted molar refractivity (Wildman–Crippen MR) is 467 cm³/mol. The van der Waals surface area contributed by atoms with E-state index in [-0.39, 0.29) is 28.0 Å². The summed E-state index contributed by atoms with van der Waals surface area (Å²) in [6.07, 6.45) is 0. The van der Waals surface area contributed by atoms with Crippen LogP contribution in [0.5, 0.6) is 0 Å². The fourth-order valence-electron chi connectivity index (χ4n) is 19.4. The smallest absolute Gasteiger partial charge is 0.264 e. The number of nitrogens with zero attached hydrogens (tertiary/aromatic N) is 11. The summed E-state index contributed by atoms with van der Waals surface area (Å²) in [5.41, 5.74) is 25.1. The van der Waals surface area contributed by atoms with Gasteiger partial charge in [-0.3, -0.25) is 36.6 Å². The summed E-state index contributed by atoms with van der Waals surface area (Å²) in [7, 11) is 0. The summed E-state index contributed by atoms with van der Waals surface area (Å²) in [6.45, 7) is 4.59. The molecule has 0 unspecified atom stereocenters. The number of para-hydroxylation sites is 14. The average molecular weight is 1480 g/mol. The molecule has 14 heteroatoms. The number of aromatic nitrogens is 9. The van der Waals surface area contributed by atoms with Crippen LogP contribution in [0.4, 0.5) is 34.1 Å². The number of rotatable bonds is 4. The van der Waals surface area contributed by atoms with Crippen LogP contribution in [0.1, 0.15) is 47.6 Å². The fourth-order valence-corrected chi connectivity index (χ4v) is 19.4. The normalized spacial score (nSPS) is 13.4. The van der Waals surface area contributed by atoms with E-state index >= 15 is 0 Å². The summed E-state index contributed by atoms with van der Waals surface area (Å²) in [6, 6.07) is 117. The van der Waals surface area contributed by atoms with Crippen molar-refractivity contribution in [3.8, 4) is 5.69 Å². The Morgan fingerprint density at radius 2 is 0.583 bits per heavy atom. The zero-order valence-corrected chi connectivity index (χ0v) is 62.1. The molecule has 10 heterocycles. The quantitative estimate of drug-likeness (QED) is 0.169. The van der Waals surface area contributed by atoms with Crippen LogP contribution in [0.25, 0.3) is 148 Å². The molecule has 0 fully saturated rings. The Morgan fingerprint density at radius 3 is 1.03 bits per heavy atom. The van der Waals surface area contributed by atoms with Crippen LogP contribution in [-0.4, -0.2) is 42.1 Å². The standard InChI is InChI=1S/C37H23N3O.C33H23N3O.C31H17N5O/c41-37-28-16-10-15-26-32(22-21-27(35(26)28)36-38-29-17-6-9-20-33(29)40(36)37)39-30-18-7-4-13-24(30)34(23-11-2-1-3-12-23)25-14-5-8-19-31(25)39;1-33(2)23-12-3-6-15-27(23)35(28-16-7-4-13-24(28)33)26-19-18-21-30-20(26)10-9-11-22(30)32(37)36-29-17-8-5-14-25(29)34-31(21)36;37-30-20-9-7-8-18-23(17-16-19(28(18)20)29-32-21-10-1-4-13-25(21)36(29)30)34-26-14-5-6-15-27(26)35-24-12-3-2-11-22(24)33-31(34)35/h1-22,34H;3-19H,1-2H3;1-17H. The molecule has 8 aromatic heterocycles. The van der Waals surface area contributed by atoms with Crippen molar-refractivity contribution in [3.63, 3.8) is 0 Å². The van der Waals surface area contributed by atoms with Gasteiger partial charge in [-0.2, -0.15) is 0 Å². The molecule has 0 atom stereocenters. The maximum Gasteiger partial charge on any atom is 0.264 e. The van der Waals surface area contributed by atoms with E-state index in [1.807, 2.05) is 127 Å². The highest BCUT2D eigenvalue weighted by molar-refractivity contribution is 6.23. The molecule has 24 aromatic rings. The summed E-state index contributed by atoms with van der Waals surface area (Å²) < 4.78 is 9.70. The van der Waals surface area contributed by atoms with Crippen molar-refractivity contribution in [2.75, 3.05) is 9.80 Å². The van der Waals surface area contributed by atoms with Gasteiger partial charge < -0.3 is 9.80 Å². The van der Waals surface area contributed by atoms with E-state index in [0.717, 1.165) is 138 Å². The molecule has 0 saturated heterocycles. The minimum Gasteiger partial charge on any atom is -0.309 e. The molecular weight excluding hydrogens is 1420 g/mol. The van der Waals surface area contributed by atoms with Crippen molar-refractivity contribution < 1.29 is 0 Å². The Labute approximate surface area is 654 Å². The number of pyridine rings is 3. The highest BCUT2D eigenvalue weighted by Gasteiger charge is 2.38. The Hall–Kier alpha value is -15.4. The number of imidazole rings is 5. The lowest BCUT2D eigenvalue weighted by Crippen LogP contribution is -2.30. The minimum atomic E-state index is -0.128. The van der Waals surface area contributed by atoms with Crippen LogP contribution in [0.15, 0.2) is 354 Å². The van der Waals surface area contributed by atoms with Crippen molar-refractivity contribution in [1.29, 1.82) is 0 Å². The molecular formula is C101H63N11O3. The first kappa shape index (κ1) is 64.4. The van der Waals surface area contributed by atoms with Crippen molar-refractivity contribution in [1.82, 2.24) is 42.1 Å². The van der Waals surface area contributed by atoms with Crippen LogP contribution in [0.3, 0.4) is 0 Å². The van der Waals surface area contributed by atoms with Gasteiger partial charge in [-0.25, -0.2) is 19.9 Å². The fraction of sp³-hybridized carbons (Fsp3) is 0.0396. The second-order valence-electron chi connectivity index (χ2n) is 30.6. The van der Waals surface area contributed by atoms with Crippen LogP contribution >= 0.6 is 0 Å². The van der Waals surface area contributed by atoms with Crippen molar-refractivity contribution in [2.24, 2.45) is 0 Å². The molecule has 0 radical (unpaired) electrons. The molecule has 0 spiro atoms. The second-order valence-corrected chi connectivity index (χ2v) is 30.6. The van der Waals surface area contributed by atoms with Gasteiger partial charge in [-0.05, 0) is 167 Å². The zero-order chi connectivity index (χ0) is 76.2. The SMILES string of the molecule is CC1(C)c2ccccc2N(c2ccc3c4c2cccc4c(=O)n2c4ccccc4nc32)c2ccccc21.O=c1c2cccc3c(-n4c5ccccc5n5c6ccccc6nc45)ccc(c32)c2nc3ccccc3n12.O=c1c2cccc3c(N4c5ccccc5C(c5ccccc5)c5ccccc54)ccc(c32)c2nc3ccccc3n12. The van der Waals surface area contributed by atoms with Gasteiger partial charge >= 0.3 is 0 Å². The molecule has 0 amide bonds. The first-order valence-corrected chi connectivity index (χ1v) is 38.8. The third-order valence-corrected chi connectivity index (χ3v) is 24.3. The lowest BCUT2D eigenvalue weighted by atomic mass is 9.73. The van der Waals surface area contributed by atoms with E-state index in [0.29, 0.717) is 33.1 Å². The molecule has 115 heavy (non-hydrogen) atoms. The van der Waals surface area contributed by atoms with Crippen LogP contribution in [0.2, 0.25) is 0 Å². The first-order valence-electron chi connectivity index (χ1n) is 38.8. The average Bonchev–Trinajstić information content (AvgIpc) is 1.70. The number of benzene rings is 16. The molecule has 0 aliphatic carbocycles. The maximum absolute atomic E-state index is 14.0. The maximum atomic E-state index is 14.0. The van der Waals surface area contributed by atoms with Gasteiger partial charge in [0.1, 0.15) is 16.9 Å². The number of hydrogen-bond acceptors (Lipinski definition) is 9. The zero-order valence-electron chi connectivity index (χ0n) is 62.1. The van der Waals surface area contributed by atoms with Gasteiger partial charge in [-0.1, -0.05) is 214 Å². The lowest BCUT2D eigenvalue weighted by Gasteiger charge is -2.42. The van der Waals surface area contributed by atoms with Crippen LogP contribution in [0, 0.1) is 0 Å². The molecule has 0 bridgehead atoms. The molecule has 0 saturated carbocycles. The Kier molecular flexibility index (Phi) is 13.5. The molecule has 2 aliphatic rings. The summed E-state index contributed by atoms with van der Waals surface area (Å²) in [5, 5.41) is 11.0. The number of anilines is 6. The molecule has 14 nitrogen and oxygen atoms in total. The largest absolute Gasteiger partial charge is 0.309 e.